The van der Waals surface area contributed by atoms with Crippen molar-refractivity contribution < 1.29 is 32.6 Å². The van der Waals surface area contributed by atoms with E-state index < -0.39 is 6.61 Å². The summed E-state index contributed by atoms with van der Waals surface area (Å²) in [7, 11) is 1.37. The molecule has 0 spiro atoms. The largest absolute Gasteiger partial charge is 0.493 e. The van der Waals surface area contributed by atoms with E-state index >= 15 is 0 Å². The molecule has 0 bridgehead atoms. The van der Waals surface area contributed by atoms with Crippen LogP contribution in [0, 0.1) is 0 Å². The highest BCUT2D eigenvalue weighted by Crippen LogP contribution is 2.29. The number of hydrogen-bond donors (Lipinski definition) is 1. The summed E-state index contributed by atoms with van der Waals surface area (Å²) in [6, 6.07) is 11.7. The number of rotatable bonds is 10. The zero-order valence-electron chi connectivity index (χ0n) is 20.3. The first kappa shape index (κ1) is 26.2. The van der Waals surface area contributed by atoms with Crippen LogP contribution in [0.1, 0.15) is 49.0 Å². The Bertz CT molecular complexity index is 990. The Morgan fingerprint density at radius 3 is 2.37 bits per heavy atom. The molecular formula is C26H32F2N2O5. The van der Waals surface area contributed by atoms with Crippen molar-refractivity contribution in [2.45, 2.75) is 58.2 Å². The van der Waals surface area contributed by atoms with Crippen LogP contribution >= 0.6 is 0 Å². The molecule has 7 nitrogen and oxygen atoms in total. The average Bonchev–Trinajstić information content (AvgIpc) is 2.82. The molecule has 2 unspecified atom stereocenters. The Labute approximate surface area is 204 Å². The lowest BCUT2D eigenvalue weighted by molar-refractivity contribution is -0.139. The highest BCUT2D eigenvalue weighted by molar-refractivity contribution is 5.94. The van der Waals surface area contributed by atoms with Crippen LogP contribution in [0.15, 0.2) is 42.5 Å². The standard InChI is InChI=1S/C26H32F2N2O5/c1-17-5-4-6-18(2)30(17)24(31)16-34-21-10-8-20(9-11-21)25(32)29-14-13-19-7-12-22(33-3)23(15-19)35-26(27)28/h7-12,15,17-18,26H,4-6,13-14,16H2,1-3H3,(H,29,32). The summed E-state index contributed by atoms with van der Waals surface area (Å²) in [5, 5.41) is 2.80. The Balaban J connectivity index is 1.47. The SMILES string of the molecule is COc1ccc(CCNC(=O)c2ccc(OCC(=O)N3C(C)CCCC3C)cc2)cc1OC(F)F. The van der Waals surface area contributed by atoms with E-state index in [1.165, 1.54) is 13.2 Å². The van der Waals surface area contributed by atoms with Crippen molar-refractivity contribution in [3.05, 3.63) is 53.6 Å². The number of likely N-dealkylation sites (tertiary alicyclic amines) is 1. The number of methoxy groups -OCH3 is 1. The van der Waals surface area contributed by atoms with Crippen molar-refractivity contribution in [1.29, 1.82) is 0 Å². The van der Waals surface area contributed by atoms with Crippen molar-refractivity contribution >= 4 is 11.8 Å². The fourth-order valence-corrected chi connectivity index (χ4v) is 4.32. The molecule has 0 aromatic heterocycles. The van der Waals surface area contributed by atoms with Crippen LogP contribution in [0.5, 0.6) is 17.2 Å². The summed E-state index contributed by atoms with van der Waals surface area (Å²) >= 11 is 0. The van der Waals surface area contributed by atoms with Crippen LogP contribution in [0.25, 0.3) is 0 Å². The fourth-order valence-electron chi connectivity index (χ4n) is 4.32. The summed E-state index contributed by atoms with van der Waals surface area (Å²) in [4.78, 5) is 26.9. The lowest BCUT2D eigenvalue weighted by Gasteiger charge is -2.38. The van der Waals surface area contributed by atoms with Crippen LogP contribution in [0.3, 0.4) is 0 Å². The molecule has 2 amide bonds. The van der Waals surface area contributed by atoms with Crippen LogP contribution in [-0.4, -0.2) is 55.7 Å². The van der Waals surface area contributed by atoms with E-state index in [9.17, 15) is 18.4 Å². The van der Waals surface area contributed by atoms with Gasteiger partial charge in [0.1, 0.15) is 5.75 Å². The molecule has 190 valence electrons. The zero-order chi connectivity index (χ0) is 25.4. The molecule has 0 radical (unpaired) electrons. The summed E-state index contributed by atoms with van der Waals surface area (Å²) in [6.45, 7) is 1.43. The van der Waals surface area contributed by atoms with Gasteiger partial charge in [-0.05, 0) is 81.5 Å². The third-order valence-electron chi connectivity index (χ3n) is 6.10. The zero-order valence-corrected chi connectivity index (χ0v) is 20.3. The topological polar surface area (TPSA) is 77.1 Å². The maximum Gasteiger partial charge on any atom is 0.387 e. The number of piperidine rings is 1. The van der Waals surface area contributed by atoms with E-state index in [4.69, 9.17) is 9.47 Å². The molecule has 2 aromatic carbocycles. The molecule has 1 aliphatic heterocycles. The predicted molar refractivity (Wildman–Crippen MR) is 127 cm³/mol. The first-order valence-corrected chi connectivity index (χ1v) is 11.7. The Hall–Kier alpha value is -3.36. The number of nitrogens with zero attached hydrogens (tertiary/aromatic N) is 1. The third kappa shape index (κ3) is 7.31. The lowest BCUT2D eigenvalue weighted by atomic mass is 9.97. The van der Waals surface area contributed by atoms with Crippen LogP contribution in [0.2, 0.25) is 0 Å². The van der Waals surface area contributed by atoms with Gasteiger partial charge < -0.3 is 24.4 Å². The van der Waals surface area contributed by atoms with Gasteiger partial charge in [0.05, 0.1) is 7.11 Å². The predicted octanol–water partition coefficient (Wildman–Crippen LogP) is 4.44. The second-order valence-electron chi connectivity index (χ2n) is 8.61. The number of carbonyl (C=O) groups excluding carboxylic acids is 2. The van der Waals surface area contributed by atoms with Gasteiger partial charge in [0.25, 0.3) is 11.8 Å². The number of nitrogens with one attached hydrogen (secondary N) is 1. The summed E-state index contributed by atoms with van der Waals surface area (Å²) in [5.74, 6) is 0.358. The van der Waals surface area contributed by atoms with Gasteiger partial charge in [-0.1, -0.05) is 6.07 Å². The van der Waals surface area contributed by atoms with E-state index in [2.05, 4.69) is 23.9 Å². The van der Waals surface area contributed by atoms with Crippen molar-refractivity contribution in [1.82, 2.24) is 10.2 Å². The molecule has 2 atom stereocenters. The number of carbonyl (C=O) groups is 2. The van der Waals surface area contributed by atoms with Gasteiger partial charge >= 0.3 is 6.61 Å². The maximum atomic E-state index is 12.6. The Morgan fingerprint density at radius 1 is 1.06 bits per heavy atom. The number of alkyl halides is 2. The number of ether oxygens (including phenoxy) is 3. The maximum absolute atomic E-state index is 12.6. The normalized spacial score (nSPS) is 17.7. The van der Waals surface area contributed by atoms with Crippen LogP contribution in [0.4, 0.5) is 8.78 Å². The second-order valence-corrected chi connectivity index (χ2v) is 8.61. The fraction of sp³-hybridized carbons (Fsp3) is 0.462. The third-order valence-corrected chi connectivity index (χ3v) is 6.10. The molecule has 1 heterocycles. The van der Waals surface area contributed by atoms with Crippen molar-refractivity contribution in [2.75, 3.05) is 20.3 Å². The average molecular weight is 491 g/mol. The minimum absolute atomic E-state index is 0.0350. The Kier molecular flexibility index (Phi) is 9.28. The van der Waals surface area contributed by atoms with Gasteiger partial charge in [-0.15, -0.1) is 0 Å². The number of hydrogen-bond acceptors (Lipinski definition) is 5. The second kappa shape index (κ2) is 12.4. The van der Waals surface area contributed by atoms with E-state index in [1.54, 1.807) is 36.4 Å². The molecule has 9 heteroatoms. The van der Waals surface area contributed by atoms with Crippen molar-refractivity contribution in [3.8, 4) is 17.2 Å². The van der Waals surface area contributed by atoms with Gasteiger partial charge in [-0.25, -0.2) is 0 Å². The molecule has 3 rings (SSSR count). The quantitative estimate of drug-likeness (QED) is 0.533. The van der Waals surface area contributed by atoms with E-state index in [0.717, 1.165) is 19.3 Å². The highest BCUT2D eigenvalue weighted by Gasteiger charge is 2.29. The van der Waals surface area contributed by atoms with Gasteiger partial charge in [-0.2, -0.15) is 8.78 Å². The smallest absolute Gasteiger partial charge is 0.387 e. The lowest BCUT2D eigenvalue weighted by Crippen LogP contribution is -2.49. The number of amides is 2. The van der Waals surface area contributed by atoms with Gasteiger partial charge in [0.2, 0.25) is 0 Å². The van der Waals surface area contributed by atoms with Crippen molar-refractivity contribution in [3.63, 3.8) is 0 Å². The minimum Gasteiger partial charge on any atom is -0.493 e. The van der Waals surface area contributed by atoms with Crippen LogP contribution in [-0.2, 0) is 11.2 Å². The molecule has 1 fully saturated rings. The first-order valence-electron chi connectivity index (χ1n) is 11.7. The molecule has 35 heavy (non-hydrogen) atoms. The summed E-state index contributed by atoms with van der Waals surface area (Å²) in [5.41, 5.74) is 1.16. The van der Waals surface area contributed by atoms with E-state index in [-0.39, 0.29) is 42.0 Å². The molecular weight excluding hydrogens is 458 g/mol. The number of halogens is 2. The summed E-state index contributed by atoms with van der Waals surface area (Å²) < 4.78 is 40.3. The molecule has 0 saturated carbocycles. The van der Waals surface area contributed by atoms with E-state index in [1.807, 2.05) is 4.90 Å². The minimum atomic E-state index is -2.96. The molecule has 0 aliphatic carbocycles. The first-order chi connectivity index (χ1) is 16.8. The van der Waals surface area contributed by atoms with Crippen LogP contribution < -0.4 is 19.5 Å². The monoisotopic (exact) mass is 490 g/mol. The number of benzene rings is 2. The highest BCUT2D eigenvalue weighted by atomic mass is 19.3. The summed E-state index contributed by atoms with van der Waals surface area (Å²) in [6.07, 6.45) is 3.56. The molecule has 1 saturated heterocycles. The van der Waals surface area contributed by atoms with Gasteiger partial charge in [0, 0.05) is 24.2 Å². The molecule has 1 aliphatic rings. The van der Waals surface area contributed by atoms with Gasteiger partial charge in [0.15, 0.2) is 18.1 Å². The van der Waals surface area contributed by atoms with E-state index in [0.29, 0.717) is 29.8 Å². The molecule has 1 N–H and O–H groups in total. The molecule has 2 aromatic rings. The van der Waals surface area contributed by atoms with Gasteiger partial charge in [-0.3, -0.25) is 9.59 Å². The van der Waals surface area contributed by atoms with Crippen molar-refractivity contribution in [2.24, 2.45) is 0 Å². The Morgan fingerprint density at radius 2 is 1.74 bits per heavy atom.